The molecule has 1 aliphatic heterocycles. The summed E-state index contributed by atoms with van der Waals surface area (Å²) in [7, 11) is 3.31. The molecule has 0 saturated carbocycles. The normalized spacial score (nSPS) is 17.7. The Hall–Kier alpha value is -3.94. The van der Waals surface area contributed by atoms with Crippen LogP contribution in [-0.4, -0.2) is 71.6 Å². The van der Waals surface area contributed by atoms with Crippen LogP contribution in [0.4, 0.5) is 29.1 Å². The van der Waals surface area contributed by atoms with Crippen LogP contribution in [0.3, 0.4) is 0 Å². The Morgan fingerprint density at radius 1 is 1.28 bits per heavy atom. The molecule has 39 heavy (non-hydrogen) atoms. The summed E-state index contributed by atoms with van der Waals surface area (Å²) in [4.78, 5) is 17.9. The number of halogens is 4. The van der Waals surface area contributed by atoms with Gasteiger partial charge in [0, 0.05) is 49.9 Å². The molecular formula is C26H25F4N7OS. The van der Waals surface area contributed by atoms with Crippen LogP contribution in [0.25, 0.3) is 5.52 Å². The van der Waals surface area contributed by atoms with Gasteiger partial charge in [-0.3, -0.25) is 4.79 Å². The maximum atomic E-state index is 14.6. The molecule has 8 nitrogen and oxygen atoms in total. The molecule has 4 rings (SSSR count). The Morgan fingerprint density at radius 3 is 2.77 bits per heavy atom. The molecule has 204 valence electrons. The lowest BCUT2D eigenvalue weighted by Gasteiger charge is -2.33. The Kier molecular flexibility index (Phi) is 8.53. The van der Waals surface area contributed by atoms with Crippen molar-refractivity contribution in [3.63, 3.8) is 0 Å². The van der Waals surface area contributed by atoms with Gasteiger partial charge in [0.05, 0.1) is 34.9 Å². The predicted molar refractivity (Wildman–Crippen MR) is 141 cm³/mol. The zero-order valence-corrected chi connectivity index (χ0v) is 21.9. The third-order valence-electron chi connectivity index (χ3n) is 6.15. The lowest BCUT2D eigenvalue weighted by Crippen LogP contribution is -2.46. The average molecular weight is 560 g/mol. The van der Waals surface area contributed by atoms with Crippen molar-refractivity contribution in [2.75, 3.05) is 44.4 Å². The second kappa shape index (κ2) is 11.8. The monoisotopic (exact) mass is 559 g/mol. The molecule has 1 fully saturated rings. The van der Waals surface area contributed by atoms with Crippen molar-refractivity contribution in [1.82, 2.24) is 19.6 Å². The molecule has 3 heterocycles. The maximum Gasteiger partial charge on any atom is 0.447 e. The Balaban J connectivity index is 1.60. The number of aromatic nitrogens is 2. The first-order valence-electron chi connectivity index (χ1n) is 11.9. The van der Waals surface area contributed by atoms with Gasteiger partial charge in [-0.05, 0) is 37.7 Å². The summed E-state index contributed by atoms with van der Waals surface area (Å²) in [6.45, 7) is 0.963. The molecule has 0 radical (unpaired) electrons. The largest absolute Gasteiger partial charge is 0.447 e. The number of piperidine rings is 1. The quantitative estimate of drug-likeness (QED) is 0.238. The van der Waals surface area contributed by atoms with Crippen molar-refractivity contribution >= 4 is 34.7 Å². The minimum Gasteiger partial charge on any atom is -0.373 e. The molecule has 1 aromatic carbocycles. The van der Waals surface area contributed by atoms with Crippen molar-refractivity contribution in [3.05, 3.63) is 53.3 Å². The number of carbonyl (C=O) groups is 1. The average Bonchev–Trinajstić information content (AvgIpc) is 3.24. The molecule has 3 aromatic rings. The highest BCUT2D eigenvalue weighted by Crippen LogP contribution is 2.40. The van der Waals surface area contributed by atoms with E-state index < -0.39 is 17.7 Å². The van der Waals surface area contributed by atoms with Crippen LogP contribution in [0.5, 0.6) is 0 Å². The summed E-state index contributed by atoms with van der Waals surface area (Å²) in [6.07, 6.45) is 2.15. The van der Waals surface area contributed by atoms with Gasteiger partial charge in [0.15, 0.2) is 5.82 Å². The standard InChI is InChI=1S/C26H25F4N7OS/c1-32-24(38)16-5-6-20(18(12-16)14-31)33-8-3-4-17-13-22-23(35-21-7-10-36(2)15-19(21)27)34-9-11-37(22)25(17)39-26(28,29)30/h5-6,9,11-13,19,21,33H,7-8,10,15H2,1-2H3,(H,32,38)(H,34,35)/t19-,21+/m0/s1. The second-order valence-electron chi connectivity index (χ2n) is 8.87. The van der Waals surface area contributed by atoms with E-state index in [1.165, 1.54) is 36.0 Å². The highest BCUT2D eigenvalue weighted by atomic mass is 32.2. The third kappa shape index (κ3) is 6.74. The number of alkyl halides is 4. The van der Waals surface area contributed by atoms with Crippen molar-refractivity contribution in [3.8, 4) is 17.9 Å². The van der Waals surface area contributed by atoms with Crippen LogP contribution in [0.2, 0.25) is 0 Å². The molecule has 0 unspecified atom stereocenters. The van der Waals surface area contributed by atoms with Gasteiger partial charge in [-0.15, -0.1) is 0 Å². The molecular weight excluding hydrogens is 534 g/mol. The number of hydrogen-bond donors (Lipinski definition) is 3. The fourth-order valence-corrected chi connectivity index (χ4v) is 4.94. The van der Waals surface area contributed by atoms with Gasteiger partial charge in [-0.25, -0.2) is 9.37 Å². The van der Waals surface area contributed by atoms with E-state index in [0.717, 1.165) is 0 Å². The number of anilines is 2. The molecule has 3 N–H and O–H groups in total. The van der Waals surface area contributed by atoms with E-state index in [9.17, 15) is 27.6 Å². The number of fused-ring (bicyclic) bond motifs is 1. The molecule has 1 aliphatic rings. The van der Waals surface area contributed by atoms with E-state index in [0.29, 0.717) is 29.7 Å². The van der Waals surface area contributed by atoms with Gasteiger partial charge in [0.2, 0.25) is 0 Å². The maximum absolute atomic E-state index is 14.6. The lowest BCUT2D eigenvalue weighted by atomic mass is 10.0. The van der Waals surface area contributed by atoms with Crippen molar-refractivity contribution in [2.45, 2.75) is 29.2 Å². The van der Waals surface area contributed by atoms with E-state index in [1.54, 1.807) is 12.1 Å². The first-order valence-corrected chi connectivity index (χ1v) is 12.7. The van der Waals surface area contributed by atoms with Gasteiger partial charge >= 0.3 is 5.51 Å². The molecule has 13 heteroatoms. The van der Waals surface area contributed by atoms with Gasteiger partial charge < -0.3 is 25.3 Å². The number of nitrogens with zero attached hydrogens (tertiary/aromatic N) is 4. The van der Waals surface area contributed by atoms with Gasteiger partial charge in [0.1, 0.15) is 17.3 Å². The minimum absolute atomic E-state index is 0.0266. The summed E-state index contributed by atoms with van der Waals surface area (Å²) < 4.78 is 56.3. The predicted octanol–water partition coefficient (Wildman–Crippen LogP) is 4.10. The van der Waals surface area contributed by atoms with Gasteiger partial charge in [0.25, 0.3) is 5.91 Å². The Bertz CT molecular complexity index is 1470. The summed E-state index contributed by atoms with van der Waals surface area (Å²) >= 11 is -0.291. The van der Waals surface area contributed by atoms with Crippen molar-refractivity contribution in [2.24, 2.45) is 0 Å². The summed E-state index contributed by atoms with van der Waals surface area (Å²) in [5.41, 5.74) is -3.11. The van der Waals surface area contributed by atoms with Gasteiger partial charge in [-0.2, -0.15) is 18.4 Å². The zero-order chi connectivity index (χ0) is 28.2. The number of thioether (sulfide) groups is 1. The van der Waals surface area contributed by atoms with E-state index in [2.05, 4.69) is 32.8 Å². The van der Waals surface area contributed by atoms with Crippen molar-refractivity contribution < 1.29 is 22.4 Å². The zero-order valence-electron chi connectivity index (χ0n) is 21.1. The second-order valence-corrected chi connectivity index (χ2v) is 9.92. The molecule has 1 amide bonds. The van der Waals surface area contributed by atoms with Crippen LogP contribution in [0.15, 0.2) is 41.7 Å². The number of carbonyl (C=O) groups excluding carboxylic acids is 1. The molecule has 1 saturated heterocycles. The van der Waals surface area contributed by atoms with E-state index in [4.69, 9.17) is 0 Å². The highest BCUT2D eigenvalue weighted by Gasteiger charge is 2.33. The SMILES string of the molecule is CNC(=O)c1ccc(NCC#Cc2cc3c(N[C@@H]4CCN(C)C[C@@H]4F)nccn3c2SC(F)(F)F)c(C#N)c1. The number of hydrogen-bond acceptors (Lipinski definition) is 7. The van der Waals surface area contributed by atoms with Crippen molar-refractivity contribution in [1.29, 1.82) is 5.26 Å². The topological polar surface area (TPSA) is 97.5 Å². The third-order valence-corrected chi connectivity index (χ3v) is 6.99. The van der Waals surface area contributed by atoms with Crippen LogP contribution >= 0.6 is 11.8 Å². The number of benzene rings is 1. The molecule has 2 aromatic heterocycles. The molecule has 0 spiro atoms. The number of amides is 1. The number of rotatable bonds is 6. The first-order chi connectivity index (χ1) is 18.6. The van der Waals surface area contributed by atoms with Crippen LogP contribution in [0.1, 0.15) is 27.9 Å². The Morgan fingerprint density at radius 2 is 2.08 bits per heavy atom. The van der Waals surface area contributed by atoms with E-state index in [1.807, 2.05) is 18.0 Å². The fourth-order valence-electron chi connectivity index (χ4n) is 4.24. The highest BCUT2D eigenvalue weighted by molar-refractivity contribution is 8.00. The van der Waals surface area contributed by atoms with Crippen LogP contribution < -0.4 is 16.0 Å². The lowest BCUT2D eigenvalue weighted by molar-refractivity contribution is -0.0329. The first kappa shape index (κ1) is 28.1. The molecule has 0 aliphatic carbocycles. The summed E-state index contributed by atoms with van der Waals surface area (Å²) in [6, 6.07) is 7.52. The van der Waals surface area contributed by atoms with Gasteiger partial charge in [-0.1, -0.05) is 11.8 Å². The Labute approximate surface area is 226 Å². The molecule has 2 atom stereocenters. The smallest absolute Gasteiger partial charge is 0.373 e. The van der Waals surface area contributed by atoms with E-state index >= 15 is 0 Å². The van der Waals surface area contributed by atoms with Crippen LogP contribution in [-0.2, 0) is 0 Å². The van der Waals surface area contributed by atoms with E-state index in [-0.39, 0.29) is 52.7 Å². The fraction of sp³-hybridized carbons (Fsp3) is 0.346. The number of likely N-dealkylation sites (tertiary alicyclic amines) is 1. The number of nitrogens with one attached hydrogen (secondary N) is 3. The molecule has 0 bridgehead atoms. The summed E-state index contributed by atoms with van der Waals surface area (Å²) in [5.74, 6) is 5.52. The van der Waals surface area contributed by atoms with Crippen LogP contribution in [0, 0.1) is 23.2 Å². The number of nitriles is 1. The summed E-state index contributed by atoms with van der Waals surface area (Å²) in [5, 5.41) is 17.8. The minimum atomic E-state index is -4.56.